The van der Waals surface area contributed by atoms with Crippen molar-refractivity contribution in [1.82, 2.24) is 9.29 Å². The van der Waals surface area contributed by atoms with Crippen LogP contribution in [-0.2, 0) is 16.6 Å². The highest BCUT2D eigenvalue weighted by Crippen LogP contribution is 2.20. The van der Waals surface area contributed by atoms with Gasteiger partial charge in [-0.05, 0) is 38.7 Å². The minimum atomic E-state index is -3.66. The zero-order valence-corrected chi connectivity index (χ0v) is 12.8. The maximum absolute atomic E-state index is 12.2. The predicted molar refractivity (Wildman–Crippen MR) is 78.8 cm³/mol. The van der Waals surface area contributed by atoms with Gasteiger partial charge in [0.25, 0.3) is 0 Å². The van der Waals surface area contributed by atoms with Crippen molar-refractivity contribution in [2.24, 2.45) is 0 Å². The molecule has 1 aliphatic carbocycles. The molecular weight excluding hydrogens is 292 g/mol. The molecule has 2 rings (SSSR count). The van der Waals surface area contributed by atoms with E-state index in [1.54, 1.807) is 6.92 Å². The van der Waals surface area contributed by atoms with Gasteiger partial charge in [-0.3, -0.25) is 0 Å². The lowest BCUT2D eigenvalue weighted by molar-refractivity contribution is 0.0685. The summed E-state index contributed by atoms with van der Waals surface area (Å²) in [5.74, 6) is -1.13. The summed E-state index contributed by atoms with van der Waals surface area (Å²) in [4.78, 5) is 11.1. The molecule has 0 saturated heterocycles. The predicted octanol–water partition coefficient (Wildman–Crippen LogP) is 1.98. The summed E-state index contributed by atoms with van der Waals surface area (Å²) >= 11 is 0. The molecule has 1 aromatic rings. The molecular formula is C14H20N2O4S. The molecule has 0 fully saturated rings. The standard InChI is InChI=1S/C14H20N2O4S/c1-2-16-10-12(9-13(16)14(17)18)21(19,20)15-8-7-11-5-3-4-6-11/h5,9-10,15H,2-4,6-8H2,1H3,(H,17,18). The summed E-state index contributed by atoms with van der Waals surface area (Å²) in [6.07, 6.45) is 7.48. The van der Waals surface area contributed by atoms with Gasteiger partial charge in [0, 0.05) is 19.3 Å². The fourth-order valence-electron chi connectivity index (χ4n) is 2.46. The summed E-state index contributed by atoms with van der Waals surface area (Å²) < 4.78 is 28.3. The van der Waals surface area contributed by atoms with Gasteiger partial charge < -0.3 is 9.67 Å². The molecule has 2 N–H and O–H groups in total. The summed E-state index contributed by atoms with van der Waals surface area (Å²) in [6.45, 7) is 2.51. The molecule has 6 nitrogen and oxygen atoms in total. The Bertz CT molecular complexity index is 659. The quantitative estimate of drug-likeness (QED) is 0.754. The topological polar surface area (TPSA) is 88.4 Å². The molecule has 116 valence electrons. The van der Waals surface area contributed by atoms with Gasteiger partial charge in [0.05, 0.1) is 0 Å². The van der Waals surface area contributed by atoms with Gasteiger partial charge in [0.1, 0.15) is 10.6 Å². The third-order valence-electron chi connectivity index (χ3n) is 3.61. The number of hydrogen-bond donors (Lipinski definition) is 2. The Morgan fingerprint density at radius 3 is 2.76 bits per heavy atom. The Labute approximate surface area is 124 Å². The third-order valence-corrected chi connectivity index (χ3v) is 5.04. The second-order valence-electron chi connectivity index (χ2n) is 5.05. The summed E-state index contributed by atoms with van der Waals surface area (Å²) in [6, 6.07) is 1.20. The third kappa shape index (κ3) is 3.74. The Hall–Kier alpha value is -1.60. The molecule has 0 radical (unpaired) electrons. The van der Waals surface area contributed by atoms with Gasteiger partial charge in [-0.1, -0.05) is 11.6 Å². The molecule has 0 aliphatic heterocycles. The molecule has 0 aromatic carbocycles. The monoisotopic (exact) mass is 312 g/mol. The molecule has 1 aliphatic rings. The first-order valence-electron chi connectivity index (χ1n) is 7.05. The van der Waals surface area contributed by atoms with Crippen molar-refractivity contribution >= 4 is 16.0 Å². The van der Waals surface area contributed by atoms with Gasteiger partial charge in [-0.15, -0.1) is 0 Å². The van der Waals surface area contributed by atoms with Crippen LogP contribution in [0.2, 0.25) is 0 Å². The van der Waals surface area contributed by atoms with Gasteiger partial charge in [0.2, 0.25) is 10.0 Å². The van der Waals surface area contributed by atoms with Crippen LogP contribution < -0.4 is 4.72 Å². The number of carbonyl (C=O) groups is 1. The Kier molecular flexibility index (Phi) is 4.84. The lowest BCUT2D eigenvalue weighted by Gasteiger charge is -2.05. The van der Waals surface area contributed by atoms with E-state index in [1.165, 1.54) is 22.4 Å². The Balaban J connectivity index is 2.06. The highest BCUT2D eigenvalue weighted by molar-refractivity contribution is 7.89. The van der Waals surface area contributed by atoms with Crippen molar-refractivity contribution in [3.63, 3.8) is 0 Å². The number of carboxylic acids is 1. The largest absolute Gasteiger partial charge is 0.477 e. The summed E-state index contributed by atoms with van der Waals surface area (Å²) in [5, 5.41) is 9.05. The van der Waals surface area contributed by atoms with E-state index in [-0.39, 0.29) is 10.6 Å². The number of sulfonamides is 1. The van der Waals surface area contributed by atoms with Crippen molar-refractivity contribution in [2.45, 2.75) is 44.0 Å². The number of nitrogens with one attached hydrogen (secondary N) is 1. The molecule has 21 heavy (non-hydrogen) atoms. The van der Waals surface area contributed by atoms with E-state index < -0.39 is 16.0 Å². The lowest BCUT2D eigenvalue weighted by Crippen LogP contribution is -2.24. The molecule has 7 heteroatoms. The van der Waals surface area contributed by atoms with Gasteiger partial charge >= 0.3 is 5.97 Å². The summed E-state index contributed by atoms with van der Waals surface area (Å²) in [7, 11) is -3.66. The summed E-state index contributed by atoms with van der Waals surface area (Å²) in [5.41, 5.74) is 1.27. The van der Waals surface area contributed by atoms with Crippen molar-refractivity contribution in [3.8, 4) is 0 Å². The van der Waals surface area contributed by atoms with E-state index in [2.05, 4.69) is 10.8 Å². The molecule has 1 aromatic heterocycles. The van der Waals surface area contributed by atoms with Crippen LogP contribution in [0.5, 0.6) is 0 Å². The number of aromatic carboxylic acids is 1. The smallest absolute Gasteiger partial charge is 0.352 e. The molecule has 1 heterocycles. The van der Waals surface area contributed by atoms with Crippen LogP contribution in [0, 0.1) is 0 Å². The second-order valence-corrected chi connectivity index (χ2v) is 6.82. The average Bonchev–Trinajstić information content (AvgIpc) is 3.07. The van der Waals surface area contributed by atoms with Crippen molar-refractivity contribution < 1.29 is 18.3 Å². The van der Waals surface area contributed by atoms with E-state index >= 15 is 0 Å². The van der Waals surface area contributed by atoms with E-state index in [1.807, 2.05) is 0 Å². The SMILES string of the molecule is CCn1cc(S(=O)(=O)NCCC2=CCCC2)cc1C(=O)O. The lowest BCUT2D eigenvalue weighted by atomic mass is 10.2. The maximum Gasteiger partial charge on any atom is 0.352 e. The first-order valence-corrected chi connectivity index (χ1v) is 8.53. The van der Waals surface area contributed by atoms with Crippen LogP contribution >= 0.6 is 0 Å². The maximum atomic E-state index is 12.2. The number of aromatic nitrogens is 1. The van der Waals surface area contributed by atoms with Crippen molar-refractivity contribution in [3.05, 3.63) is 29.6 Å². The van der Waals surface area contributed by atoms with Crippen LogP contribution in [0.15, 0.2) is 28.8 Å². The average molecular weight is 312 g/mol. The minimum absolute atomic E-state index is 0.00199. The molecule has 0 unspecified atom stereocenters. The Morgan fingerprint density at radius 2 is 2.24 bits per heavy atom. The second kappa shape index (κ2) is 6.44. The first-order chi connectivity index (χ1) is 9.94. The highest BCUT2D eigenvalue weighted by atomic mass is 32.2. The van der Waals surface area contributed by atoms with E-state index in [9.17, 15) is 13.2 Å². The number of aryl methyl sites for hydroxylation is 1. The van der Waals surface area contributed by atoms with Crippen LogP contribution in [0.25, 0.3) is 0 Å². The normalized spacial score (nSPS) is 15.2. The van der Waals surface area contributed by atoms with Crippen molar-refractivity contribution in [2.75, 3.05) is 6.54 Å². The zero-order valence-electron chi connectivity index (χ0n) is 12.0. The van der Waals surface area contributed by atoms with Crippen LogP contribution in [0.3, 0.4) is 0 Å². The fraction of sp³-hybridized carbons (Fsp3) is 0.500. The van der Waals surface area contributed by atoms with Gasteiger partial charge in [0.15, 0.2) is 0 Å². The van der Waals surface area contributed by atoms with Crippen LogP contribution in [0.1, 0.15) is 43.1 Å². The number of carboxylic acid groups (broad SMARTS) is 1. The van der Waals surface area contributed by atoms with E-state index in [0.717, 1.165) is 19.3 Å². The van der Waals surface area contributed by atoms with E-state index in [4.69, 9.17) is 5.11 Å². The fourth-order valence-corrected chi connectivity index (χ4v) is 3.54. The molecule has 0 amide bonds. The molecule has 0 spiro atoms. The van der Waals surface area contributed by atoms with Crippen LogP contribution in [0.4, 0.5) is 0 Å². The number of allylic oxidation sites excluding steroid dienone is 1. The first kappa shape index (κ1) is 15.8. The molecule has 0 atom stereocenters. The minimum Gasteiger partial charge on any atom is -0.477 e. The molecule has 0 bridgehead atoms. The number of hydrogen-bond acceptors (Lipinski definition) is 3. The number of rotatable bonds is 7. The highest BCUT2D eigenvalue weighted by Gasteiger charge is 2.20. The van der Waals surface area contributed by atoms with E-state index in [0.29, 0.717) is 19.5 Å². The molecule has 0 saturated carbocycles. The zero-order chi connectivity index (χ0) is 15.5. The van der Waals surface area contributed by atoms with Gasteiger partial charge in [-0.25, -0.2) is 17.9 Å². The van der Waals surface area contributed by atoms with Gasteiger partial charge in [-0.2, -0.15) is 0 Å². The Morgan fingerprint density at radius 1 is 1.48 bits per heavy atom. The van der Waals surface area contributed by atoms with Crippen molar-refractivity contribution in [1.29, 1.82) is 0 Å². The number of nitrogens with zero attached hydrogens (tertiary/aromatic N) is 1. The van der Waals surface area contributed by atoms with Crippen LogP contribution in [-0.4, -0.2) is 30.6 Å².